The van der Waals surface area contributed by atoms with Gasteiger partial charge in [-0.15, -0.1) is 23.5 Å². The van der Waals surface area contributed by atoms with Crippen LogP contribution in [0.15, 0.2) is 134 Å². The first-order valence-corrected chi connectivity index (χ1v) is 16.8. The maximum atomic E-state index is 13.8. The third-order valence-electron chi connectivity index (χ3n) is 7.49. The van der Waals surface area contributed by atoms with Crippen molar-refractivity contribution in [1.82, 2.24) is 15.3 Å². The van der Waals surface area contributed by atoms with Crippen molar-refractivity contribution in [3.05, 3.63) is 162 Å². The van der Waals surface area contributed by atoms with E-state index in [1.54, 1.807) is 24.2 Å². The molecule has 1 aromatic heterocycles. The molecule has 2 N–H and O–H groups in total. The number of rotatable bonds is 14. The van der Waals surface area contributed by atoms with Crippen LogP contribution >= 0.6 is 23.5 Å². The number of ether oxygens (including phenoxy) is 1. The molecular weight excluding hydrogens is 599 g/mol. The van der Waals surface area contributed by atoms with Crippen molar-refractivity contribution < 1.29 is 14.3 Å². The molecule has 4 aromatic carbocycles. The number of benzene rings is 4. The van der Waals surface area contributed by atoms with Gasteiger partial charge in [-0.05, 0) is 36.1 Å². The molecule has 8 heteroatoms. The topological polar surface area (TPSA) is 84.1 Å². The van der Waals surface area contributed by atoms with E-state index >= 15 is 0 Å². The van der Waals surface area contributed by atoms with Crippen LogP contribution < -0.4 is 5.32 Å². The summed E-state index contributed by atoms with van der Waals surface area (Å²) < 4.78 is 4.33. The fourth-order valence-corrected chi connectivity index (χ4v) is 7.39. The zero-order chi connectivity index (χ0) is 31.5. The average Bonchev–Trinajstić information content (AvgIpc) is 3.62. The van der Waals surface area contributed by atoms with Gasteiger partial charge in [-0.1, -0.05) is 121 Å². The number of esters is 1. The second-order valence-corrected chi connectivity index (χ2v) is 13.9. The number of hydrogen-bond acceptors (Lipinski definition) is 6. The lowest BCUT2D eigenvalue weighted by molar-refractivity contribution is -0.148. The fraction of sp³-hybridized carbons (Fsp3) is 0.216. The maximum Gasteiger partial charge on any atom is 0.329 e. The Hall–Kier alpha value is -4.27. The molecule has 0 aliphatic heterocycles. The van der Waals surface area contributed by atoms with Gasteiger partial charge in [0, 0.05) is 18.1 Å². The van der Waals surface area contributed by atoms with Gasteiger partial charge < -0.3 is 15.0 Å². The van der Waals surface area contributed by atoms with Crippen LogP contribution in [-0.2, 0) is 31.4 Å². The molecule has 1 heterocycles. The van der Waals surface area contributed by atoms with Gasteiger partial charge in [0.1, 0.15) is 18.5 Å². The van der Waals surface area contributed by atoms with Crippen LogP contribution in [0.2, 0.25) is 0 Å². The van der Waals surface area contributed by atoms with Crippen molar-refractivity contribution in [1.29, 1.82) is 0 Å². The predicted octanol–water partition coefficient (Wildman–Crippen LogP) is 7.38. The number of thioether (sulfide) groups is 2. The molecule has 0 spiro atoms. The Kier molecular flexibility index (Phi) is 10.8. The number of aromatic amines is 1. The van der Waals surface area contributed by atoms with Crippen molar-refractivity contribution in [2.75, 3.05) is 5.75 Å². The monoisotopic (exact) mass is 635 g/mol. The Morgan fingerprint density at radius 1 is 0.778 bits per heavy atom. The maximum absolute atomic E-state index is 13.8. The highest BCUT2D eigenvalue weighted by atomic mass is 32.2. The van der Waals surface area contributed by atoms with Crippen LogP contribution in [0.25, 0.3) is 0 Å². The molecule has 5 aromatic rings. The van der Waals surface area contributed by atoms with Crippen LogP contribution in [0, 0.1) is 0 Å². The van der Waals surface area contributed by atoms with Crippen LogP contribution in [0.4, 0.5) is 0 Å². The van der Waals surface area contributed by atoms with E-state index in [1.165, 1.54) is 11.8 Å². The number of H-pyrrole nitrogens is 1. The van der Waals surface area contributed by atoms with Crippen molar-refractivity contribution in [2.45, 2.75) is 41.7 Å². The molecular formula is C37H37N3O3S2. The lowest BCUT2D eigenvalue weighted by atomic mass is 9.84. The molecule has 0 aliphatic rings. The van der Waals surface area contributed by atoms with Crippen molar-refractivity contribution >= 4 is 35.4 Å². The van der Waals surface area contributed by atoms with Gasteiger partial charge in [-0.2, -0.15) is 0 Å². The molecule has 1 amide bonds. The number of imidazole rings is 1. The number of hydrogen-bond donors (Lipinski definition) is 2. The molecule has 0 aliphatic carbocycles. The summed E-state index contributed by atoms with van der Waals surface area (Å²) in [5.74, 6) is 0.871. The normalized spacial score (nSPS) is 12.3. The van der Waals surface area contributed by atoms with E-state index < -0.39 is 21.5 Å². The lowest BCUT2D eigenvalue weighted by Crippen LogP contribution is -2.50. The van der Waals surface area contributed by atoms with Crippen molar-refractivity contribution in [2.24, 2.45) is 0 Å². The van der Waals surface area contributed by atoms with E-state index in [0.717, 1.165) is 28.1 Å². The highest BCUT2D eigenvalue weighted by molar-refractivity contribution is 8.01. The standard InChI is InChI=1S/C37H37N3O3S2/c1-36(2,44-27-33-38-23-24-39-33)35(42)40-32(34(41)43-25-28-15-7-3-8-16-28)26-45-37(29-17-9-4-10-18-29,30-19-11-5-12-20-30)31-21-13-6-14-22-31/h3-24,32H,25-27H2,1-2H3,(H,38,39)(H,40,42)/t32-/m0/s1. The smallest absolute Gasteiger partial charge is 0.329 e. The SMILES string of the molecule is CC(C)(SCc1ncc[nH]1)C(=O)N[C@@H](CSC(c1ccccc1)(c1ccccc1)c1ccccc1)C(=O)OCc1ccccc1. The first-order chi connectivity index (χ1) is 21.9. The Morgan fingerprint density at radius 2 is 1.29 bits per heavy atom. The number of carbonyl (C=O) groups is 2. The van der Waals surface area contributed by atoms with Crippen LogP contribution in [0.3, 0.4) is 0 Å². The van der Waals surface area contributed by atoms with Gasteiger partial charge in [-0.3, -0.25) is 4.79 Å². The molecule has 6 nitrogen and oxygen atoms in total. The van der Waals surface area contributed by atoms with E-state index in [2.05, 4.69) is 51.7 Å². The Balaban J connectivity index is 1.46. The Morgan fingerprint density at radius 3 is 1.78 bits per heavy atom. The number of carbonyl (C=O) groups excluding carboxylic acids is 2. The van der Waals surface area contributed by atoms with Crippen LogP contribution in [0.5, 0.6) is 0 Å². The molecule has 5 rings (SSSR count). The zero-order valence-corrected chi connectivity index (χ0v) is 27.0. The summed E-state index contributed by atoms with van der Waals surface area (Å²) in [6.07, 6.45) is 3.45. The third kappa shape index (κ3) is 8.07. The number of nitrogens with one attached hydrogen (secondary N) is 2. The molecule has 230 valence electrons. The van der Waals surface area contributed by atoms with E-state index in [-0.39, 0.29) is 18.3 Å². The first kappa shape index (κ1) is 32.1. The molecule has 1 atom stereocenters. The number of aromatic nitrogens is 2. The van der Waals surface area contributed by atoms with Gasteiger partial charge in [0.15, 0.2) is 0 Å². The molecule has 0 unspecified atom stereocenters. The van der Waals surface area contributed by atoms with Crippen molar-refractivity contribution in [3.63, 3.8) is 0 Å². The first-order valence-electron chi connectivity index (χ1n) is 14.8. The number of amides is 1. The van der Waals surface area contributed by atoms with Gasteiger partial charge in [0.25, 0.3) is 0 Å². The minimum atomic E-state index is -0.898. The summed E-state index contributed by atoms with van der Waals surface area (Å²) in [5.41, 5.74) is 4.10. The Bertz CT molecular complexity index is 1540. The summed E-state index contributed by atoms with van der Waals surface area (Å²) in [5, 5.41) is 3.06. The molecule has 0 fully saturated rings. The lowest BCUT2D eigenvalue weighted by Gasteiger charge is -2.36. The highest BCUT2D eigenvalue weighted by Gasteiger charge is 2.40. The van der Waals surface area contributed by atoms with Gasteiger partial charge in [0.05, 0.1) is 15.2 Å². The largest absolute Gasteiger partial charge is 0.459 e. The second kappa shape index (κ2) is 15.1. The minimum absolute atomic E-state index is 0.120. The van der Waals surface area contributed by atoms with E-state index in [1.807, 2.05) is 98.8 Å². The van der Waals surface area contributed by atoms with Gasteiger partial charge in [0.2, 0.25) is 5.91 Å². The Labute approximate surface area is 273 Å². The summed E-state index contributed by atoms with van der Waals surface area (Å²) in [7, 11) is 0. The summed E-state index contributed by atoms with van der Waals surface area (Å²) in [4.78, 5) is 34.9. The molecule has 0 bridgehead atoms. The summed E-state index contributed by atoms with van der Waals surface area (Å²) in [6.45, 7) is 3.84. The predicted molar refractivity (Wildman–Crippen MR) is 184 cm³/mol. The molecule has 45 heavy (non-hydrogen) atoms. The molecule has 0 saturated carbocycles. The average molecular weight is 636 g/mol. The quantitative estimate of drug-likeness (QED) is 0.0979. The zero-order valence-electron chi connectivity index (χ0n) is 25.4. The highest BCUT2D eigenvalue weighted by Crippen LogP contribution is 2.48. The van der Waals surface area contributed by atoms with E-state index in [4.69, 9.17) is 4.74 Å². The fourth-order valence-electron chi connectivity index (χ4n) is 5.00. The minimum Gasteiger partial charge on any atom is -0.459 e. The third-order valence-corrected chi connectivity index (χ3v) is 10.5. The van der Waals surface area contributed by atoms with Gasteiger partial charge >= 0.3 is 5.97 Å². The second-order valence-electron chi connectivity index (χ2n) is 11.0. The van der Waals surface area contributed by atoms with E-state index in [9.17, 15) is 9.59 Å². The van der Waals surface area contributed by atoms with E-state index in [0.29, 0.717) is 5.75 Å². The number of nitrogens with zero attached hydrogens (tertiary/aromatic N) is 1. The van der Waals surface area contributed by atoms with Crippen LogP contribution in [0.1, 0.15) is 41.9 Å². The molecule has 0 radical (unpaired) electrons. The van der Waals surface area contributed by atoms with Gasteiger partial charge in [-0.25, -0.2) is 9.78 Å². The van der Waals surface area contributed by atoms with Crippen LogP contribution in [-0.4, -0.2) is 38.4 Å². The summed E-state index contributed by atoms with van der Waals surface area (Å²) in [6, 6.07) is 39.5. The molecule has 0 saturated heterocycles. The van der Waals surface area contributed by atoms with Crippen molar-refractivity contribution in [3.8, 4) is 0 Å². The summed E-state index contributed by atoms with van der Waals surface area (Å²) >= 11 is 3.07.